The van der Waals surface area contributed by atoms with E-state index in [4.69, 9.17) is 11.6 Å². The molecule has 0 aliphatic heterocycles. The van der Waals surface area contributed by atoms with E-state index < -0.39 is 0 Å². The summed E-state index contributed by atoms with van der Waals surface area (Å²) in [6.45, 7) is 0. The third-order valence-corrected chi connectivity index (χ3v) is 5.36. The third-order valence-electron chi connectivity index (χ3n) is 4.85. The molecule has 0 aromatic heterocycles. The van der Waals surface area contributed by atoms with Crippen molar-refractivity contribution < 1.29 is 4.79 Å². The molecule has 2 nitrogen and oxygen atoms in total. The lowest BCUT2D eigenvalue weighted by Crippen LogP contribution is -2.39. The van der Waals surface area contributed by atoms with E-state index in [-0.39, 0.29) is 11.4 Å². The van der Waals surface area contributed by atoms with Gasteiger partial charge in [0.1, 0.15) is 0 Å². The fourth-order valence-corrected chi connectivity index (χ4v) is 3.99. The van der Waals surface area contributed by atoms with Crippen molar-refractivity contribution in [3.8, 4) is 0 Å². The second-order valence-corrected chi connectivity index (χ2v) is 6.37. The average molecular weight is 242 g/mol. The van der Waals surface area contributed by atoms with Crippen LogP contribution in [0.25, 0.3) is 0 Å². The predicted molar refractivity (Wildman–Crippen MR) is 64.4 cm³/mol. The molecule has 0 radical (unpaired) electrons. The van der Waals surface area contributed by atoms with Crippen LogP contribution in [0.1, 0.15) is 44.9 Å². The van der Waals surface area contributed by atoms with Crippen LogP contribution in [-0.4, -0.2) is 17.3 Å². The van der Waals surface area contributed by atoms with Crippen molar-refractivity contribution in [3.05, 3.63) is 0 Å². The van der Waals surface area contributed by atoms with Crippen LogP contribution in [0.3, 0.4) is 0 Å². The zero-order valence-electron chi connectivity index (χ0n) is 9.68. The summed E-state index contributed by atoms with van der Waals surface area (Å²) in [6.07, 6.45) is 8.35. The van der Waals surface area contributed by atoms with Gasteiger partial charge in [-0.25, -0.2) is 0 Å². The Morgan fingerprint density at radius 2 is 2.12 bits per heavy atom. The Balaban J connectivity index is 1.50. The second kappa shape index (κ2) is 3.90. The predicted octanol–water partition coefficient (Wildman–Crippen LogP) is 2.70. The van der Waals surface area contributed by atoms with Crippen molar-refractivity contribution in [2.45, 2.75) is 50.5 Å². The minimum Gasteiger partial charge on any atom is -0.349 e. The molecule has 3 saturated carbocycles. The van der Waals surface area contributed by atoms with Crippen LogP contribution >= 0.6 is 11.6 Å². The van der Waals surface area contributed by atoms with Crippen molar-refractivity contribution in [1.82, 2.24) is 5.32 Å². The SMILES string of the molecule is O=C(CC1CC2CCC1C2)NC1(CCl)CC1. The van der Waals surface area contributed by atoms with Gasteiger partial charge >= 0.3 is 0 Å². The van der Waals surface area contributed by atoms with Crippen LogP contribution in [0.15, 0.2) is 0 Å². The van der Waals surface area contributed by atoms with E-state index in [0.29, 0.717) is 11.8 Å². The van der Waals surface area contributed by atoms with E-state index in [2.05, 4.69) is 5.32 Å². The Kier molecular flexibility index (Phi) is 2.66. The lowest BCUT2D eigenvalue weighted by atomic mass is 9.86. The first-order valence-corrected chi connectivity index (χ1v) is 7.11. The van der Waals surface area contributed by atoms with Crippen molar-refractivity contribution in [2.24, 2.45) is 17.8 Å². The highest BCUT2D eigenvalue weighted by molar-refractivity contribution is 6.19. The highest BCUT2D eigenvalue weighted by Crippen LogP contribution is 2.49. The quantitative estimate of drug-likeness (QED) is 0.754. The Hall–Kier alpha value is -0.240. The van der Waals surface area contributed by atoms with Crippen LogP contribution in [-0.2, 0) is 4.79 Å². The van der Waals surface area contributed by atoms with E-state index in [1.54, 1.807) is 0 Å². The second-order valence-electron chi connectivity index (χ2n) is 6.10. The van der Waals surface area contributed by atoms with Crippen LogP contribution in [0.2, 0.25) is 0 Å². The van der Waals surface area contributed by atoms with Gasteiger partial charge in [-0.15, -0.1) is 11.6 Å². The molecule has 16 heavy (non-hydrogen) atoms. The number of hydrogen-bond donors (Lipinski definition) is 1. The van der Waals surface area contributed by atoms with Crippen LogP contribution in [0.4, 0.5) is 0 Å². The summed E-state index contributed by atoms with van der Waals surface area (Å²) in [6, 6.07) is 0. The highest BCUT2D eigenvalue weighted by atomic mass is 35.5. The number of rotatable bonds is 4. The standard InChI is InChI=1S/C13H20ClNO/c14-8-13(3-4-13)15-12(16)7-11-6-9-1-2-10(11)5-9/h9-11H,1-8H2,(H,15,16). The molecule has 2 bridgehead atoms. The number of halogens is 1. The molecule has 0 saturated heterocycles. The Morgan fingerprint density at radius 1 is 1.31 bits per heavy atom. The molecule has 1 N–H and O–H groups in total. The van der Waals surface area contributed by atoms with Gasteiger partial charge in [0.2, 0.25) is 5.91 Å². The molecule has 1 amide bonds. The molecule has 0 heterocycles. The van der Waals surface area contributed by atoms with Gasteiger partial charge in [0.15, 0.2) is 0 Å². The highest BCUT2D eigenvalue weighted by Gasteiger charge is 2.45. The largest absolute Gasteiger partial charge is 0.349 e. The Labute approximate surface area is 102 Å². The topological polar surface area (TPSA) is 29.1 Å². The first-order chi connectivity index (χ1) is 7.71. The average Bonchev–Trinajstić information content (AvgIpc) is 2.72. The fourth-order valence-electron chi connectivity index (χ4n) is 3.65. The zero-order chi connectivity index (χ0) is 11.2. The Morgan fingerprint density at radius 3 is 2.62 bits per heavy atom. The van der Waals surface area contributed by atoms with Crippen LogP contribution in [0.5, 0.6) is 0 Å². The fraction of sp³-hybridized carbons (Fsp3) is 0.923. The van der Waals surface area contributed by atoms with Crippen molar-refractivity contribution in [1.29, 1.82) is 0 Å². The van der Waals surface area contributed by atoms with E-state index in [1.165, 1.54) is 25.7 Å². The molecule has 3 unspecified atom stereocenters. The molecule has 0 aromatic carbocycles. The first-order valence-electron chi connectivity index (χ1n) is 6.58. The van der Waals surface area contributed by atoms with E-state index in [0.717, 1.165) is 31.1 Å². The van der Waals surface area contributed by atoms with Gasteiger partial charge in [-0.05, 0) is 49.9 Å². The smallest absolute Gasteiger partial charge is 0.220 e. The Bertz CT molecular complexity index is 300. The maximum absolute atomic E-state index is 11.9. The molecular formula is C13H20ClNO. The lowest BCUT2D eigenvalue weighted by Gasteiger charge is -2.22. The number of carbonyl (C=O) groups excluding carboxylic acids is 1. The number of carbonyl (C=O) groups is 1. The molecule has 0 spiro atoms. The summed E-state index contributed by atoms with van der Waals surface area (Å²) >= 11 is 5.86. The van der Waals surface area contributed by atoms with E-state index >= 15 is 0 Å². The van der Waals surface area contributed by atoms with Crippen molar-refractivity contribution in [2.75, 3.05) is 5.88 Å². The molecule has 0 aromatic rings. The van der Waals surface area contributed by atoms with E-state index in [9.17, 15) is 4.79 Å². The van der Waals surface area contributed by atoms with Gasteiger partial charge in [0.25, 0.3) is 0 Å². The summed E-state index contributed by atoms with van der Waals surface area (Å²) in [5.74, 6) is 3.28. The molecule has 3 heteroatoms. The van der Waals surface area contributed by atoms with Crippen LogP contribution in [0, 0.1) is 17.8 Å². The van der Waals surface area contributed by atoms with Crippen molar-refractivity contribution >= 4 is 17.5 Å². The van der Waals surface area contributed by atoms with Gasteiger partial charge < -0.3 is 5.32 Å². The third kappa shape index (κ3) is 1.97. The minimum absolute atomic E-state index is 0.0176. The normalized spacial score (nSPS) is 38.7. The monoisotopic (exact) mass is 241 g/mol. The molecular weight excluding hydrogens is 222 g/mol. The van der Waals surface area contributed by atoms with Crippen molar-refractivity contribution in [3.63, 3.8) is 0 Å². The summed E-state index contributed by atoms with van der Waals surface area (Å²) in [7, 11) is 0. The van der Waals surface area contributed by atoms with Gasteiger partial charge in [0.05, 0.1) is 5.54 Å². The first kappa shape index (κ1) is 10.9. The van der Waals surface area contributed by atoms with Gasteiger partial charge in [0, 0.05) is 12.3 Å². The molecule has 3 aliphatic carbocycles. The van der Waals surface area contributed by atoms with E-state index in [1.807, 2.05) is 0 Å². The maximum atomic E-state index is 11.9. The molecule has 3 atom stereocenters. The van der Waals surface area contributed by atoms with Crippen LogP contribution < -0.4 is 5.32 Å². The van der Waals surface area contributed by atoms with Gasteiger partial charge in [-0.3, -0.25) is 4.79 Å². The number of alkyl halides is 1. The number of nitrogens with one attached hydrogen (secondary N) is 1. The molecule has 3 aliphatic rings. The number of amides is 1. The maximum Gasteiger partial charge on any atom is 0.220 e. The molecule has 3 fully saturated rings. The summed E-state index contributed by atoms with van der Waals surface area (Å²) < 4.78 is 0. The molecule has 3 rings (SSSR count). The summed E-state index contributed by atoms with van der Waals surface area (Å²) in [5.41, 5.74) is -0.0176. The summed E-state index contributed by atoms with van der Waals surface area (Å²) in [4.78, 5) is 11.9. The lowest BCUT2D eigenvalue weighted by molar-refractivity contribution is -0.123. The van der Waals surface area contributed by atoms with Gasteiger partial charge in [-0.2, -0.15) is 0 Å². The van der Waals surface area contributed by atoms with Gasteiger partial charge in [-0.1, -0.05) is 6.42 Å². The number of fused-ring (bicyclic) bond motifs is 2. The minimum atomic E-state index is -0.0176. The summed E-state index contributed by atoms with van der Waals surface area (Å²) in [5, 5.41) is 3.13. The molecule has 90 valence electrons. The number of hydrogen-bond acceptors (Lipinski definition) is 1. The zero-order valence-corrected chi connectivity index (χ0v) is 10.4.